The van der Waals surface area contributed by atoms with Crippen LogP contribution in [0.3, 0.4) is 0 Å². The highest BCUT2D eigenvalue weighted by Gasteiger charge is 2.31. The lowest BCUT2D eigenvalue weighted by Gasteiger charge is -2.09. The molecule has 0 aliphatic rings. The van der Waals surface area contributed by atoms with Crippen LogP contribution in [-0.2, 0) is 6.18 Å². The van der Waals surface area contributed by atoms with Gasteiger partial charge in [0, 0.05) is 29.1 Å². The summed E-state index contributed by atoms with van der Waals surface area (Å²) in [6.07, 6.45) is -2.75. The zero-order valence-corrected chi connectivity index (χ0v) is 11.8. The zero-order valence-electron chi connectivity index (χ0n) is 11.8. The molecule has 2 heterocycles. The van der Waals surface area contributed by atoms with Crippen molar-refractivity contribution in [2.75, 3.05) is 0 Å². The van der Waals surface area contributed by atoms with Crippen molar-refractivity contribution in [1.29, 1.82) is 5.26 Å². The fourth-order valence-corrected chi connectivity index (χ4v) is 2.15. The SMILES string of the molecule is N#Cc1[nH]nnc1-c1ccc(-c2cncc(C(F)(F)F)c2)c(F)c1. The fraction of sp³-hybridized carbons (Fsp3) is 0.0667. The van der Waals surface area contributed by atoms with Crippen LogP contribution in [-0.4, -0.2) is 20.4 Å². The Hall–Kier alpha value is -3.28. The minimum atomic E-state index is -4.57. The lowest BCUT2D eigenvalue weighted by atomic mass is 10.0. The van der Waals surface area contributed by atoms with Crippen molar-refractivity contribution in [2.24, 2.45) is 0 Å². The second-order valence-corrected chi connectivity index (χ2v) is 4.80. The van der Waals surface area contributed by atoms with Gasteiger partial charge in [0.25, 0.3) is 0 Å². The Morgan fingerprint density at radius 1 is 1.08 bits per heavy atom. The van der Waals surface area contributed by atoms with Gasteiger partial charge in [-0.15, -0.1) is 5.10 Å². The highest BCUT2D eigenvalue weighted by Crippen LogP contribution is 2.33. The minimum Gasteiger partial charge on any atom is -0.263 e. The van der Waals surface area contributed by atoms with Gasteiger partial charge in [-0.3, -0.25) is 4.98 Å². The molecule has 24 heavy (non-hydrogen) atoms. The van der Waals surface area contributed by atoms with Crippen LogP contribution in [0.2, 0.25) is 0 Å². The molecule has 3 aromatic rings. The zero-order chi connectivity index (χ0) is 17.3. The van der Waals surface area contributed by atoms with Gasteiger partial charge in [-0.1, -0.05) is 17.3 Å². The number of halogens is 4. The summed E-state index contributed by atoms with van der Waals surface area (Å²) in [5.41, 5.74) is -0.518. The molecule has 0 bridgehead atoms. The van der Waals surface area contributed by atoms with Crippen LogP contribution >= 0.6 is 0 Å². The fourth-order valence-electron chi connectivity index (χ4n) is 2.15. The van der Waals surface area contributed by atoms with Crippen LogP contribution in [0.4, 0.5) is 17.6 Å². The number of nitriles is 1. The number of hydrogen-bond acceptors (Lipinski definition) is 4. The van der Waals surface area contributed by atoms with E-state index in [1.54, 1.807) is 0 Å². The summed E-state index contributed by atoms with van der Waals surface area (Å²) in [5, 5.41) is 18.4. The maximum atomic E-state index is 14.3. The summed E-state index contributed by atoms with van der Waals surface area (Å²) in [4.78, 5) is 3.51. The number of H-pyrrole nitrogens is 1. The Kier molecular flexibility index (Phi) is 3.73. The summed E-state index contributed by atoms with van der Waals surface area (Å²) in [6.45, 7) is 0. The highest BCUT2D eigenvalue weighted by atomic mass is 19.4. The normalized spacial score (nSPS) is 11.3. The molecule has 0 aliphatic heterocycles. The summed E-state index contributed by atoms with van der Waals surface area (Å²) < 4.78 is 52.5. The van der Waals surface area contributed by atoms with Gasteiger partial charge >= 0.3 is 6.18 Å². The standard InChI is InChI=1S/C15H7F4N5/c16-12-4-8(14-13(5-20)22-24-23-14)1-2-11(12)9-3-10(7-21-6-9)15(17,18)19/h1-4,6-7H,(H,22,23,24). The number of hydrogen-bond donors (Lipinski definition) is 1. The van der Waals surface area contributed by atoms with Gasteiger partial charge in [0.2, 0.25) is 0 Å². The third kappa shape index (κ3) is 2.81. The van der Waals surface area contributed by atoms with Crippen LogP contribution < -0.4 is 0 Å². The number of rotatable bonds is 2. The average molecular weight is 333 g/mol. The molecule has 120 valence electrons. The summed E-state index contributed by atoms with van der Waals surface area (Å²) in [7, 11) is 0. The molecule has 0 unspecified atom stereocenters. The molecule has 9 heteroatoms. The molecular formula is C15H7F4N5. The molecule has 0 saturated carbocycles. The van der Waals surface area contributed by atoms with E-state index in [1.807, 2.05) is 6.07 Å². The predicted octanol–water partition coefficient (Wildman–Crippen LogP) is 3.56. The first-order valence-corrected chi connectivity index (χ1v) is 6.54. The first-order chi connectivity index (χ1) is 11.4. The quantitative estimate of drug-likeness (QED) is 0.727. The van der Waals surface area contributed by atoms with E-state index >= 15 is 0 Å². The van der Waals surface area contributed by atoms with Crippen LogP contribution in [0, 0.1) is 17.1 Å². The molecule has 0 atom stereocenters. The molecule has 1 aromatic carbocycles. The molecule has 2 aromatic heterocycles. The van der Waals surface area contributed by atoms with Crippen molar-refractivity contribution in [2.45, 2.75) is 6.18 Å². The Labute approximate surface area is 132 Å². The summed E-state index contributed by atoms with van der Waals surface area (Å²) in [6, 6.07) is 6.47. The van der Waals surface area contributed by atoms with Crippen molar-refractivity contribution in [3.05, 3.63) is 53.7 Å². The lowest BCUT2D eigenvalue weighted by molar-refractivity contribution is -0.137. The Balaban J connectivity index is 2.04. The van der Waals surface area contributed by atoms with Gasteiger partial charge in [-0.2, -0.15) is 18.4 Å². The molecule has 5 nitrogen and oxygen atoms in total. The molecular weight excluding hydrogens is 326 g/mol. The van der Waals surface area contributed by atoms with E-state index in [1.165, 1.54) is 12.1 Å². The van der Waals surface area contributed by atoms with Crippen molar-refractivity contribution in [3.8, 4) is 28.5 Å². The Bertz CT molecular complexity index is 940. The van der Waals surface area contributed by atoms with E-state index in [2.05, 4.69) is 20.4 Å². The van der Waals surface area contributed by atoms with Gasteiger partial charge < -0.3 is 0 Å². The lowest BCUT2D eigenvalue weighted by Crippen LogP contribution is -2.05. The van der Waals surface area contributed by atoms with Gasteiger partial charge in [0.15, 0.2) is 5.69 Å². The highest BCUT2D eigenvalue weighted by molar-refractivity contribution is 5.71. The molecule has 0 amide bonds. The van der Waals surface area contributed by atoms with E-state index in [0.717, 1.165) is 18.3 Å². The van der Waals surface area contributed by atoms with Crippen LogP contribution in [0.15, 0.2) is 36.7 Å². The second-order valence-electron chi connectivity index (χ2n) is 4.80. The number of pyridine rings is 1. The van der Waals surface area contributed by atoms with E-state index < -0.39 is 17.6 Å². The largest absolute Gasteiger partial charge is 0.417 e. The van der Waals surface area contributed by atoms with E-state index in [-0.39, 0.29) is 28.1 Å². The van der Waals surface area contributed by atoms with Crippen LogP contribution in [0.1, 0.15) is 11.3 Å². The molecule has 0 radical (unpaired) electrons. The number of alkyl halides is 3. The summed E-state index contributed by atoms with van der Waals surface area (Å²) >= 11 is 0. The third-order valence-corrected chi connectivity index (χ3v) is 3.28. The number of aromatic amines is 1. The first-order valence-electron chi connectivity index (χ1n) is 6.54. The predicted molar refractivity (Wildman–Crippen MR) is 74.7 cm³/mol. The third-order valence-electron chi connectivity index (χ3n) is 3.28. The first kappa shape index (κ1) is 15.6. The van der Waals surface area contributed by atoms with Crippen molar-refractivity contribution >= 4 is 0 Å². The molecule has 1 N–H and O–H groups in total. The van der Waals surface area contributed by atoms with Crippen molar-refractivity contribution < 1.29 is 17.6 Å². The van der Waals surface area contributed by atoms with Gasteiger partial charge in [0.1, 0.15) is 17.6 Å². The van der Waals surface area contributed by atoms with E-state index in [4.69, 9.17) is 5.26 Å². The summed E-state index contributed by atoms with van der Waals surface area (Å²) in [5.74, 6) is -0.763. The number of benzene rings is 1. The van der Waals surface area contributed by atoms with Crippen LogP contribution in [0.25, 0.3) is 22.4 Å². The average Bonchev–Trinajstić information content (AvgIpc) is 3.02. The van der Waals surface area contributed by atoms with Gasteiger partial charge in [-0.25, -0.2) is 9.49 Å². The maximum absolute atomic E-state index is 14.3. The molecule has 0 aliphatic carbocycles. The number of aromatic nitrogens is 4. The maximum Gasteiger partial charge on any atom is 0.417 e. The molecule has 3 rings (SSSR count). The Morgan fingerprint density at radius 3 is 2.54 bits per heavy atom. The van der Waals surface area contributed by atoms with Gasteiger partial charge in [0.05, 0.1) is 5.56 Å². The topological polar surface area (TPSA) is 78.2 Å². The van der Waals surface area contributed by atoms with Crippen molar-refractivity contribution in [3.63, 3.8) is 0 Å². The monoisotopic (exact) mass is 333 g/mol. The molecule has 0 spiro atoms. The number of nitrogens with one attached hydrogen (secondary N) is 1. The van der Waals surface area contributed by atoms with E-state index in [0.29, 0.717) is 6.20 Å². The minimum absolute atomic E-state index is 0.00506. The molecule has 0 fully saturated rings. The van der Waals surface area contributed by atoms with Crippen molar-refractivity contribution in [1.82, 2.24) is 20.4 Å². The smallest absolute Gasteiger partial charge is 0.263 e. The second kappa shape index (κ2) is 5.73. The van der Waals surface area contributed by atoms with E-state index in [9.17, 15) is 17.6 Å². The number of nitrogens with zero attached hydrogens (tertiary/aromatic N) is 4. The Morgan fingerprint density at radius 2 is 1.88 bits per heavy atom. The molecule has 0 saturated heterocycles. The van der Waals surface area contributed by atoms with Gasteiger partial charge in [-0.05, 0) is 12.1 Å². The van der Waals surface area contributed by atoms with Crippen LogP contribution in [0.5, 0.6) is 0 Å².